The van der Waals surface area contributed by atoms with E-state index in [0.29, 0.717) is 12.3 Å². The number of hydrogen-bond acceptors (Lipinski definition) is 9. The molecule has 2 rings (SSSR count). The number of anilines is 1. The molecule has 0 radical (unpaired) electrons. The number of amides is 1. The minimum absolute atomic E-state index is 0.0977. The molecule has 1 saturated heterocycles. The van der Waals surface area contributed by atoms with Gasteiger partial charge in [0.15, 0.2) is 14.4 Å². The van der Waals surface area contributed by atoms with E-state index in [0.717, 1.165) is 12.7 Å². The van der Waals surface area contributed by atoms with Crippen molar-refractivity contribution in [2.24, 2.45) is 0 Å². The van der Waals surface area contributed by atoms with Gasteiger partial charge in [0.1, 0.15) is 18.3 Å². The summed E-state index contributed by atoms with van der Waals surface area (Å²) in [4.78, 5) is 23.9. The lowest BCUT2D eigenvalue weighted by Gasteiger charge is -2.38. The van der Waals surface area contributed by atoms with Gasteiger partial charge in [-0.25, -0.2) is 9.59 Å². The molecule has 5 atom stereocenters. The van der Waals surface area contributed by atoms with Crippen LogP contribution in [-0.4, -0.2) is 73.5 Å². The van der Waals surface area contributed by atoms with Crippen LogP contribution < -0.4 is 5.32 Å². The largest absolute Gasteiger partial charge is 0.467 e. The van der Waals surface area contributed by atoms with Crippen LogP contribution in [0.4, 0.5) is 10.5 Å². The molecule has 1 fully saturated rings. The van der Waals surface area contributed by atoms with E-state index in [1.165, 1.54) is 0 Å². The van der Waals surface area contributed by atoms with E-state index in [1.54, 1.807) is 12.1 Å². The van der Waals surface area contributed by atoms with Crippen molar-refractivity contribution >= 4 is 26.1 Å². The van der Waals surface area contributed by atoms with Crippen LogP contribution in [0.2, 0.25) is 18.1 Å². The van der Waals surface area contributed by atoms with Gasteiger partial charge in [0, 0.05) is 5.69 Å². The van der Waals surface area contributed by atoms with Crippen molar-refractivity contribution in [3.8, 4) is 0 Å². The van der Waals surface area contributed by atoms with Gasteiger partial charge in [0.05, 0.1) is 13.7 Å². The zero-order valence-corrected chi connectivity index (χ0v) is 20.2. The van der Waals surface area contributed by atoms with Crippen molar-refractivity contribution in [3.63, 3.8) is 0 Å². The van der Waals surface area contributed by atoms with Crippen LogP contribution in [0.25, 0.3) is 0 Å². The molecule has 5 unspecified atom stereocenters. The first kappa shape index (κ1) is 26.2. The number of methoxy groups -OCH3 is 1. The molecular formula is C21H33NO9Si. The van der Waals surface area contributed by atoms with Gasteiger partial charge >= 0.3 is 12.1 Å². The highest BCUT2D eigenvalue weighted by atomic mass is 28.4. The predicted molar refractivity (Wildman–Crippen MR) is 117 cm³/mol. The average molecular weight is 472 g/mol. The quantitative estimate of drug-likeness (QED) is 0.360. The van der Waals surface area contributed by atoms with Crippen LogP contribution in [0.15, 0.2) is 24.3 Å². The van der Waals surface area contributed by atoms with E-state index in [4.69, 9.17) is 13.9 Å². The highest BCUT2D eigenvalue weighted by Gasteiger charge is 2.49. The summed E-state index contributed by atoms with van der Waals surface area (Å²) >= 11 is 0. The number of carbonyl (C=O) groups excluding carboxylic acids is 2. The van der Waals surface area contributed by atoms with Crippen molar-refractivity contribution in [1.82, 2.24) is 0 Å². The maximum Gasteiger partial charge on any atom is 0.414 e. The third-order valence-electron chi connectivity index (χ3n) is 5.83. The standard InChI is InChI=1S/C21H33NO9Si/c1-21(2,3)32(5,6)29-11-12-7-9-13(10-8-12)22-20(27)31-19-16(25)14(23)15(24)17(30-19)18(26)28-4/h7-10,14-17,19,23-25H,11H2,1-6H3,(H,22,27). The first-order valence-corrected chi connectivity index (χ1v) is 13.2. The number of ether oxygens (including phenoxy) is 3. The van der Waals surface area contributed by atoms with E-state index in [2.05, 4.69) is 43.9 Å². The summed E-state index contributed by atoms with van der Waals surface area (Å²) in [5.41, 5.74) is 1.36. The van der Waals surface area contributed by atoms with Gasteiger partial charge in [-0.3, -0.25) is 5.32 Å². The molecule has 0 aliphatic carbocycles. The Labute approximate surface area is 188 Å². The van der Waals surface area contributed by atoms with Crippen LogP contribution in [-0.2, 0) is 30.0 Å². The lowest BCUT2D eigenvalue weighted by molar-refractivity contribution is -0.278. The maximum atomic E-state index is 12.2. The number of aliphatic hydroxyl groups excluding tert-OH is 3. The second kappa shape index (κ2) is 10.3. The van der Waals surface area contributed by atoms with Crippen LogP contribution in [0.3, 0.4) is 0 Å². The second-order valence-corrected chi connectivity index (χ2v) is 14.0. The molecule has 1 aliphatic heterocycles. The lowest BCUT2D eigenvalue weighted by Crippen LogP contribution is -2.61. The summed E-state index contributed by atoms with van der Waals surface area (Å²) in [6.45, 7) is 11.3. The van der Waals surface area contributed by atoms with Gasteiger partial charge in [0.25, 0.3) is 0 Å². The van der Waals surface area contributed by atoms with Gasteiger partial charge in [-0.2, -0.15) is 0 Å². The molecule has 10 nitrogen and oxygen atoms in total. The molecule has 180 valence electrons. The van der Waals surface area contributed by atoms with E-state index >= 15 is 0 Å². The maximum absolute atomic E-state index is 12.2. The smallest absolute Gasteiger partial charge is 0.414 e. The molecule has 32 heavy (non-hydrogen) atoms. The number of esters is 1. The zero-order valence-electron chi connectivity index (χ0n) is 19.2. The molecule has 0 saturated carbocycles. The molecule has 1 amide bonds. The van der Waals surface area contributed by atoms with Gasteiger partial charge in [-0.1, -0.05) is 32.9 Å². The Kier molecular flexibility index (Phi) is 8.42. The number of carbonyl (C=O) groups is 2. The zero-order chi connectivity index (χ0) is 24.3. The van der Waals surface area contributed by atoms with Crippen LogP contribution in [0.5, 0.6) is 0 Å². The molecule has 1 aromatic carbocycles. The van der Waals surface area contributed by atoms with Gasteiger partial charge in [0.2, 0.25) is 6.29 Å². The molecule has 1 heterocycles. The Morgan fingerprint density at radius 1 is 1.06 bits per heavy atom. The molecule has 4 N–H and O–H groups in total. The highest BCUT2D eigenvalue weighted by Crippen LogP contribution is 2.37. The first-order valence-electron chi connectivity index (χ1n) is 10.2. The number of benzene rings is 1. The van der Waals surface area contributed by atoms with Crippen molar-refractivity contribution in [2.75, 3.05) is 12.4 Å². The molecule has 1 aliphatic rings. The number of rotatable bonds is 6. The summed E-state index contributed by atoms with van der Waals surface area (Å²) in [6.07, 6.45) is -9.54. The second-order valence-electron chi connectivity index (χ2n) is 9.20. The third kappa shape index (κ3) is 6.27. The monoisotopic (exact) mass is 471 g/mol. The first-order chi connectivity index (χ1) is 14.8. The van der Waals surface area contributed by atoms with Crippen molar-refractivity contribution in [2.45, 2.75) is 76.2 Å². The summed E-state index contributed by atoms with van der Waals surface area (Å²) in [5.74, 6) is -0.979. The summed E-state index contributed by atoms with van der Waals surface area (Å²) < 4.78 is 20.8. The molecular weight excluding hydrogens is 438 g/mol. The molecule has 0 aromatic heterocycles. The van der Waals surface area contributed by atoms with E-state index in [-0.39, 0.29) is 5.04 Å². The summed E-state index contributed by atoms with van der Waals surface area (Å²) in [7, 11) is -0.816. The molecule has 0 spiro atoms. The number of nitrogens with one attached hydrogen (secondary N) is 1. The fraction of sp³-hybridized carbons (Fsp3) is 0.619. The SMILES string of the molecule is COC(=O)C1OC(OC(=O)Nc2ccc(CO[Si](C)(C)C(C)(C)C)cc2)C(O)C(O)C1O. The van der Waals surface area contributed by atoms with Gasteiger partial charge in [-0.05, 0) is 35.8 Å². The van der Waals surface area contributed by atoms with Crippen LogP contribution in [0, 0.1) is 0 Å². The van der Waals surface area contributed by atoms with Crippen molar-refractivity contribution in [3.05, 3.63) is 29.8 Å². The summed E-state index contributed by atoms with van der Waals surface area (Å²) in [5, 5.41) is 32.4. The fourth-order valence-corrected chi connectivity index (χ4v) is 3.63. The van der Waals surface area contributed by atoms with E-state index < -0.39 is 51.1 Å². The molecule has 1 aromatic rings. The summed E-state index contributed by atoms with van der Waals surface area (Å²) in [6, 6.07) is 6.95. The topological polar surface area (TPSA) is 144 Å². The molecule has 0 bridgehead atoms. The predicted octanol–water partition coefficient (Wildman–Crippen LogP) is 1.74. The van der Waals surface area contributed by atoms with Gasteiger partial charge in [-0.15, -0.1) is 0 Å². The van der Waals surface area contributed by atoms with Crippen LogP contribution in [0.1, 0.15) is 26.3 Å². The highest BCUT2D eigenvalue weighted by molar-refractivity contribution is 6.74. The Morgan fingerprint density at radius 3 is 2.19 bits per heavy atom. The normalized spacial score (nSPS) is 26.3. The number of aliphatic hydroxyl groups is 3. The fourth-order valence-electron chi connectivity index (χ4n) is 2.67. The van der Waals surface area contributed by atoms with Crippen molar-refractivity contribution in [1.29, 1.82) is 0 Å². The Balaban J connectivity index is 1.94. The Hall–Kier alpha value is -2.02. The van der Waals surface area contributed by atoms with Crippen molar-refractivity contribution < 1.29 is 43.5 Å². The van der Waals surface area contributed by atoms with E-state index in [1.807, 2.05) is 12.1 Å². The molecule has 11 heteroatoms. The minimum atomic E-state index is -1.88. The van der Waals surface area contributed by atoms with E-state index in [9.17, 15) is 24.9 Å². The Morgan fingerprint density at radius 2 is 1.66 bits per heavy atom. The average Bonchev–Trinajstić information content (AvgIpc) is 2.72. The number of hydrogen-bond donors (Lipinski definition) is 4. The lowest BCUT2D eigenvalue weighted by atomic mass is 9.99. The van der Waals surface area contributed by atoms with Gasteiger partial charge < -0.3 is 34.0 Å². The third-order valence-corrected chi connectivity index (χ3v) is 10.3. The minimum Gasteiger partial charge on any atom is -0.467 e. The van der Waals surface area contributed by atoms with Crippen LogP contribution >= 0.6 is 0 Å². The Bertz CT molecular complexity index is 793.